The van der Waals surface area contributed by atoms with E-state index in [9.17, 15) is 8.42 Å². The van der Waals surface area contributed by atoms with Crippen molar-refractivity contribution in [2.24, 2.45) is 7.05 Å². The third kappa shape index (κ3) is 3.40. The maximum Gasteiger partial charge on any atom is 0.262 e. The zero-order chi connectivity index (χ0) is 19.0. The molecule has 3 aromatic heterocycles. The summed E-state index contributed by atoms with van der Waals surface area (Å²) in [6.45, 7) is 2.85. The van der Waals surface area contributed by atoms with Gasteiger partial charge < -0.3 is 4.57 Å². The number of imidazole rings is 2. The van der Waals surface area contributed by atoms with Crippen molar-refractivity contribution in [3.63, 3.8) is 0 Å². The van der Waals surface area contributed by atoms with Crippen LogP contribution in [0.25, 0.3) is 5.82 Å². The Morgan fingerprint density at radius 3 is 2.78 bits per heavy atom. The first-order chi connectivity index (χ1) is 12.9. The Morgan fingerprint density at radius 2 is 2.07 bits per heavy atom. The minimum Gasteiger partial charge on any atom is -0.339 e. The molecule has 0 saturated carbocycles. The minimum absolute atomic E-state index is 0.0565. The average Bonchev–Trinajstić information content (AvgIpc) is 3.30. The zero-order valence-electron chi connectivity index (χ0n) is 15.4. The lowest BCUT2D eigenvalue weighted by atomic mass is 9.95. The van der Waals surface area contributed by atoms with E-state index in [1.807, 2.05) is 35.9 Å². The fraction of sp³-hybridized carbons (Fsp3) is 0.389. The Balaban J connectivity index is 1.60. The molecule has 0 aliphatic carbocycles. The van der Waals surface area contributed by atoms with E-state index in [2.05, 4.69) is 9.97 Å². The van der Waals surface area contributed by atoms with E-state index in [-0.39, 0.29) is 10.9 Å². The molecular formula is C18H22N6O2S. The highest BCUT2D eigenvalue weighted by molar-refractivity contribution is 7.89. The van der Waals surface area contributed by atoms with Gasteiger partial charge in [0.15, 0.2) is 5.03 Å². The van der Waals surface area contributed by atoms with Gasteiger partial charge in [-0.15, -0.1) is 0 Å². The molecule has 3 aromatic rings. The van der Waals surface area contributed by atoms with Gasteiger partial charge in [-0.2, -0.15) is 4.31 Å². The Hall–Kier alpha value is -2.52. The van der Waals surface area contributed by atoms with Crippen LogP contribution in [0.4, 0.5) is 0 Å². The molecule has 1 fully saturated rings. The van der Waals surface area contributed by atoms with Crippen molar-refractivity contribution < 1.29 is 8.42 Å². The van der Waals surface area contributed by atoms with Gasteiger partial charge in [0.25, 0.3) is 10.0 Å². The van der Waals surface area contributed by atoms with Crippen LogP contribution in [0.2, 0.25) is 0 Å². The highest BCUT2D eigenvalue weighted by Gasteiger charge is 2.32. The van der Waals surface area contributed by atoms with Gasteiger partial charge in [0.05, 0.1) is 6.33 Å². The second kappa shape index (κ2) is 6.90. The molecule has 0 bridgehead atoms. The van der Waals surface area contributed by atoms with Crippen LogP contribution in [-0.4, -0.2) is 49.9 Å². The predicted octanol–water partition coefficient (Wildman–Crippen LogP) is 1.88. The molecule has 142 valence electrons. The number of hydrogen-bond acceptors (Lipinski definition) is 5. The monoisotopic (exact) mass is 386 g/mol. The molecule has 27 heavy (non-hydrogen) atoms. The molecule has 9 heteroatoms. The number of hydrogen-bond donors (Lipinski definition) is 0. The lowest BCUT2D eigenvalue weighted by molar-refractivity contribution is 0.312. The van der Waals surface area contributed by atoms with E-state index in [1.165, 1.54) is 10.6 Å². The summed E-state index contributed by atoms with van der Waals surface area (Å²) in [6.07, 6.45) is 8.37. The number of nitrogens with zero attached hydrogens (tertiary/aromatic N) is 6. The Bertz CT molecular complexity index is 1060. The molecule has 8 nitrogen and oxygen atoms in total. The third-order valence-corrected chi connectivity index (χ3v) is 6.67. The molecule has 4 rings (SSSR count). The first kappa shape index (κ1) is 17.9. The minimum atomic E-state index is -3.58. The van der Waals surface area contributed by atoms with Crippen LogP contribution in [0.1, 0.15) is 30.3 Å². The van der Waals surface area contributed by atoms with E-state index in [0.29, 0.717) is 13.1 Å². The molecule has 0 amide bonds. The van der Waals surface area contributed by atoms with Crippen molar-refractivity contribution in [1.82, 2.24) is 28.4 Å². The highest BCUT2D eigenvalue weighted by atomic mass is 32.2. The van der Waals surface area contributed by atoms with Crippen LogP contribution in [0.3, 0.4) is 0 Å². The van der Waals surface area contributed by atoms with Crippen molar-refractivity contribution >= 4 is 10.0 Å². The van der Waals surface area contributed by atoms with Crippen LogP contribution >= 0.6 is 0 Å². The number of pyridine rings is 1. The first-order valence-electron chi connectivity index (χ1n) is 8.90. The molecule has 0 radical (unpaired) electrons. The lowest BCUT2D eigenvalue weighted by Gasteiger charge is -2.31. The average molecular weight is 386 g/mol. The number of piperidine rings is 1. The van der Waals surface area contributed by atoms with Crippen LogP contribution in [-0.2, 0) is 17.1 Å². The van der Waals surface area contributed by atoms with Crippen molar-refractivity contribution in [3.8, 4) is 5.82 Å². The van der Waals surface area contributed by atoms with E-state index < -0.39 is 10.0 Å². The van der Waals surface area contributed by atoms with Crippen molar-refractivity contribution in [1.29, 1.82) is 0 Å². The van der Waals surface area contributed by atoms with Crippen molar-refractivity contribution in [2.75, 3.05) is 13.1 Å². The summed E-state index contributed by atoms with van der Waals surface area (Å²) >= 11 is 0. The Labute approximate surface area is 158 Å². The summed E-state index contributed by atoms with van der Waals surface area (Å²) in [7, 11) is -1.82. The van der Waals surface area contributed by atoms with Crippen molar-refractivity contribution in [2.45, 2.75) is 30.7 Å². The first-order valence-corrected chi connectivity index (χ1v) is 10.3. The van der Waals surface area contributed by atoms with Gasteiger partial charge in [0, 0.05) is 50.3 Å². The second-order valence-electron chi connectivity index (χ2n) is 6.84. The third-order valence-electron chi connectivity index (χ3n) is 4.92. The van der Waals surface area contributed by atoms with E-state index in [1.54, 1.807) is 24.0 Å². The van der Waals surface area contributed by atoms with Crippen LogP contribution in [0.5, 0.6) is 0 Å². The predicted molar refractivity (Wildman–Crippen MR) is 100 cm³/mol. The number of sulfonamides is 1. The van der Waals surface area contributed by atoms with Gasteiger partial charge >= 0.3 is 0 Å². The second-order valence-corrected chi connectivity index (χ2v) is 8.73. The molecule has 1 atom stereocenters. The van der Waals surface area contributed by atoms with Gasteiger partial charge in [-0.3, -0.25) is 4.57 Å². The number of aromatic nitrogens is 5. The molecule has 0 aromatic carbocycles. The topological polar surface area (TPSA) is 85.9 Å². The molecule has 0 N–H and O–H groups in total. The Kier molecular flexibility index (Phi) is 4.56. The summed E-state index contributed by atoms with van der Waals surface area (Å²) in [5.74, 6) is 1.72. The highest BCUT2D eigenvalue weighted by Crippen LogP contribution is 2.29. The van der Waals surface area contributed by atoms with Crippen LogP contribution in [0, 0.1) is 6.92 Å². The summed E-state index contributed by atoms with van der Waals surface area (Å²) in [6, 6.07) is 5.87. The molecular weight excluding hydrogens is 364 g/mol. The fourth-order valence-corrected chi connectivity index (χ4v) is 4.97. The van der Waals surface area contributed by atoms with Gasteiger partial charge in [-0.25, -0.2) is 23.4 Å². The zero-order valence-corrected chi connectivity index (χ0v) is 16.2. The van der Waals surface area contributed by atoms with Crippen LogP contribution in [0.15, 0.2) is 48.1 Å². The smallest absolute Gasteiger partial charge is 0.262 e. The van der Waals surface area contributed by atoms with Gasteiger partial charge in [-0.1, -0.05) is 6.07 Å². The summed E-state index contributed by atoms with van der Waals surface area (Å²) in [5, 5.41) is 0.0985. The lowest BCUT2D eigenvalue weighted by Crippen LogP contribution is -2.39. The normalized spacial score (nSPS) is 18.7. The molecule has 1 saturated heterocycles. The van der Waals surface area contributed by atoms with E-state index in [4.69, 9.17) is 4.98 Å². The summed E-state index contributed by atoms with van der Waals surface area (Å²) in [5.41, 5.74) is 0.904. The standard InChI is InChI=1S/C18H22N6O2S/c1-14-19-8-10-24(14)17-7-3-6-16(21-17)15-5-4-9-23(11-15)27(25,26)18-12-22(2)13-20-18/h3,6-8,10,12-13,15H,4-5,9,11H2,1-2H3/t15-/m1/s1. The van der Waals surface area contributed by atoms with E-state index >= 15 is 0 Å². The molecule has 4 heterocycles. The Morgan fingerprint density at radius 1 is 1.22 bits per heavy atom. The molecule has 1 aliphatic heterocycles. The van der Waals surface area contributed by atoms with Gasteiger partial charge in [0.1, 0.15) is 11.6 Å². The molecule has 1 aliphatic rings. The van der Waals surface area contributed by atoms with E-state index in [0.717, 1.165) is 30.2 Å². The maximum atomic E-state index is 12.9. The van der Waals surface area contributed by atoms with Crippen LogP contribution < -0.4 is 0 Å². The quantitative estimate of drug-likeness (QED) is 0.683. The number of rotatable bonds is 4. The maximum absolute atomic E-state index is 12.9. The van der Waals surface area contributed by atoms with Gasteiger partial charge in [-0.05, 0) is 31.9 Å². The SMILES string of the molecule is Cc1nccn1-c1cccc([C@@H]2CCCN(S(=O)(=O)c3cn(C)cn3)C2)n1. The molecule has 0 unspecified atom stereocenters. The number of aryl methyl sites for hydroxylation is 2. The fourth-order valence-electron chi connectivity index (χ4n) is 3.48. The van der Waals surface area contributed by atoms with Gasteiger partial charge in [0.2, 0.25) is 0 Å². The summed E-state index contributed by atoms with van der Waals surface area (Å²) in [4.78, 5) is 13.0. The summed E-state index contributed by atoms with van der Waals surface area (Å²) < 4.78 is 30.9. The molecule has 0 spiro atoms. The largest absolute Gasteiger partial charge is 0.339 e. The van der Waals surface area contributed by atoms with Crippen molar-refractivity contribution in [3.05, 3.63) is 54.6 Å².